The van der Waals surface area contributed by atoms with Gasteiger partial charge in [-0.1, -0.05) is 59.6 Å². The summed E-state index contributed by atoms with van der Waals surface area (Å²) < 4.78 is 38.0. The van der Waals surface area contributed by atoms with E-state index in [1.165, 1.54) is 33.5 Å². The first kappa shape index (κ1) is 30.8. The molecule has 1 heterocycles. The molecule has 0 spiro atoms. The SMILES string of the molecule is C[C@@H](C(=O)NCc1ccc(Cl)cc1Cl)N(Cc1ccccc1)C(=O)COc1ccc(S(=O)(=O)N2CCOCC2)cc1. The summed E-state index contributed by atoms with van der Waals surface area (Å²) >= 11 is 12.2. The van der Waals surface area contributed by atoms with Crippen LogP contribution < -0.4 is 10.1 Å². The highest BCUT2D eigenvalue weighted by Gasteiger charge is 2.28. The molecule has 1 fully saturated rings. The van der Waals surface area contributed by atoms with Crippen molar-refractivity contribution in [3.8, 4) is 5.75 Å². The van der Waals surface area contributed by atoms with E-state index in [0.29, 0.717) is 47.7 Å². The zero-order chi connectivity index (χ0) is 29.4. The summed E-state index contributed by atoms with van der Waals surface area (Å²) in [5.41, 5.74) is 1.54. The van der Waals surface area contributed by atoms with Crippen molar-refractivity contribution in [1.29, 1.82) is 0 Å². The van der Waals surface area contributed by atoms with E-state index in [4.69, 9.17) is 32.7 Å². The van der Waals surface area contributed by atoms with E-state index in [1.54, 1.807) is 25.1 Å². The molecule has 0 bridgehead atoms. The summed E-state index contributed by atoms with van der Waals surface area (Å²) in [5, 5.41) is 3.75. The number of rotatable bonds is 11. The second kappa shape index (κ2) is 14.2. The fraction of sp³-hybridized carbons (Fsp3) is 0.310. The van der Waals surface area contributed by atoms with Crippen LogP contribution in [0.15, 0.2) is 77.7 Å². The first-order valence-electron chi connectivity index (χ1n) is 13.0. The number of hydrogen-bond acceptors (Lipinski definition) is 6. The summed E-state index contributed by atoms with van der Waals surface area (Å²) in [5.74, 6) is -0.447. The molecule has 3 aromatic rings. The molecule has 218 valence electrons. The van der Waals surface area contributed by atoms with Gasteiger partial charge in [0, 0.05) is 36.2 Å². The monoisotopic (exact) mass is 619 g/mol. The van der Waals surface area contributed by atoms with Gasteiger partial charge in [0.05, 0.1) is 18.1 Å². The van der Waals surface area contributed by atoms with E-state index in [2.05, 4.69) is 5.32 Å². The minimum atomic E-state index is -3.65. The molecule has 1 saturated heterocycles. The molecule has 1 aliphatic rings. The highest BCUT2D eigenvalue weighted by Crippen LogP contribution is 2.22. The van der Waals surface area contributed by atoms with Crippen molar-refractivity contribution >= 4 is 45.0 Å². The van der Waals surface area contributed by atoms with Crippen LogP contribution in [0, 0.1) is 0 Å². The van der Waals surface area contributed by atoms with Gasteiger partial charge in [-0.15, -0.1) is 0 Å². The quantitative estimate of drug-likeness (QED) is 0.346. The average molecular weight is 621 g/mol. The molecule has 0 aromatic heterocycles. The van der Waals surface area contributed by atoms with Gasteiger partial charge in [-0.25, -0.2) is 8.42 Å². The number of sulfonamides is 1. The van der Waals surface area contributed by atoms with Crippen LogP contribution in [0.2, 0.25) is 10.0 Å². The van der Waals surface area contributed by atoms with Crippen molar-refractivity contribution in [2.24, 2.45) is 0 Å². The second-order valence-corrected chi connectivity index (χ2v) is 12.2. The van der Waals surface area contributed by atoms with E-state index in [1.807, 2.05) is 30.3 Å². The van der Waals surface area contributed by atoms with Gasteiger partial charge in [-0.3, -0.25) is 9.59 Å². The summed E-state index contributed by atoms with van der Waals surface area (Å²) in [6.45, 7) is 2.96. The number of halogens is 2. The van der Waals surface area contributed by atoms with Gasteiger partial charge in [0.25, 0.3) is 5.91 Å². The van der Waals surface area contributed by atoms with Gasteiger partial charge in [0.2, 0.25) is 15.9 Å². The summed E-state index contributed by atoms with van der Waals surface area (Å²) in [4.78, 5) is 28.0. The van der Waals surface area contributed by atoms with Gasteiger partial charge in [0.1, 0.15) is 11.8 Å². The van der Waals surface area contributed by atoms with Crippen molar-refractivity contribution in [3.05, 3.63) is 94.0 Å². The van der Waals surface area contributed by atoms with Crippen molar-refractivity contribution in [3.63, 3.8) is 0 Å². The predicted molar refractivity (Wildman–Crippen MR) is 156 cm³/mol. The molecule has 3 aromatic carbocycles. The third kappa shape index (κ3) is 8.21. The fourth-order valence-corrected chi connectivity index (χ4v) is 6.11. The predicted octanol–water partition coefficient (Wildman–Crippen LogP) is 4.13. The lowest BCUT2D eigenvalue weighted by Crippen LogP contribution is -2.48. The van der Waals surface area contributed by atoms with Crippen LogP contribution in [-0.2, 0) is 37.4 Å². The lowest BCUT2D eigenvalue weighted by atomic mass is 10.1. The summed E-state index contributed by atoms with van der Waals surface area (Å²) in [6, 6.07) is 19.4. The topological polar surface area (TPSA) is 105 Å². The fourth-order valence-electron chi connectivity index (χ4n) is 4.23. The highest BCUT2D eigenvalue weighted by atomic mass is 35.5. The molecule has 0 aliphatic carbocycles. The van der Waals surface area contributed by atoms with E-state index in [9.17, 15) is 18.0 Å². The van der Waals surface area contributed by atoms with Crippen molar-refractivity contribution in [1.82, 2.24) is 14.5 Å². The molecule has 0 unspecified atom stereocenters. The van der Waals surface area contributed by atoms with Gasteiger partial charge < -0.3 is 19.7 Å². The first-order valence-corrected chi connectivity index (χ1v) is 15.2. The number of ether oxygens (including phenoxy) is 2. The standard InChI is InChI=1S/C29H31Cl2N3O6S/c1-21(29(36)32-18-23-7-8-24(30)17-27(23)31)34(19-22-5-3-2-4-6-22)28(35)20-40-25-9-11-26(12-10-25)41(37,38)33-13-15-39-16-14-33/h2-12,17,21H,13-16,18-20H2,1H3,(H,32,36)/t21-/m0/s1. The van der Waals surface area contributed by atoms with Crippen LogP contribution >= 0.6 is 23.2 Å². The van der Waals surface area contributed by atoms with E-state index in [0.717, 1.165) is 5.56 Å². The Morgan fingerprint density at radius 2 is 1.71 bits per heavy atom. The second-order valence-electron chi connectivity index (χ2n) is 9.41. The molecule has 2 amide bonds. The molecule has 1 aliphatic heterocycles. The number of benzene rings is 3. The van der Waals surface area contributed by atoms with E-state index >= 15 is 0 Å². The molecular formula is C29H31Cl2N3O6S. The van der Waals surface area contributed by atoms with Gasteiger partial charge in [-0.2, -0.15) is 4.31 Å². The molecule has 1 N–H and O–H groups in total. The third-order valence-corrected chi connectivity index (χ3v) is 9.12. The Hall–Kier alpha value is -3.15. The third-order valence-electron chi connectivity index (χ3n) is 6.63. The number of carbonyl (C=O) groups is 2. The number of nitrogens with zero attached hydrogens (tertiary/aromatic N) is 2. The zero-order valence-electron chi connectivity index (χ0n) is 22.5. The van der Waals surface area contributed by atoms with Crippen molar-refractivity contribution in [2.45, 2.75) is 31.0 Å². The molecule has 41 heavy (non-hydrogen) atoms. The normalized spacial score (nSPS) is 14.7. The number of morpholine rings is 1. The maximum Gasteiger partial charge on any atom is 0.261 e. The van der Waals surface area contributed by atoms with Crippen LogP contribution in [0.4, 0.5) is 0 Å². The number of amides is 2. The van der Waals surface area contributed by atoms with E-state index < -0.39 is 22.0 Å². The van der Waals surface area contributed by atoms with Gasteiger partial charge >= 0.3 is 0 Å². The molecular weight excluding hydrogens is 589 g/mol. The Bertz CT molecular complexity index is 1450. The summed E-state index contributed by atoms with van der Waals surface area (Å²) in [7, 11) is -3.65. The lowest BCUT2D eigenvalue weighted by molar-refractivity contribution is -0.142. The van der Waals surface area contributed by atoms with Crippen LogP contribution in [0.25, 0.3) is 0 Å². The van der Waals surface area contributed by atoms with Crippen LogP contribution in [-0.4, -0.2) is 68.4 Å². The van der Waals surface area contributed by atoms with Crippen LogP contribution in [0.3, 0.4) is 0 Å². The number of hydrogen-bond donors (Lipinski definition) is 1. The Morgan fingerprint density at radius 3 is 2.37 bits per heavy atom. The molecule has 0 radical (unpaired) electrons. The first-order chi connectivity index (χ1) is 19.6. The Labute approximate surface area is 250 Å². The zero-order valence-corrected chi connectivity index (χ0v) is 24.8. The maximum atomic E-state index is 13.3. The maximum absolute atomic E-state index is 13.3. The molecule has 0 saturated carbocycles. The molecule has 9 nitrogen and oxygen atoms in total. The van der Waals surface area contributed by atoms with Gasteiger partial charge in [0.15, 0.2) is 6.61 Å². The lowest BCUT2D eigenvalue weighted by Gasteiger charge is -2.29. The van der Waals surface area contributed by atoms with Crippen LogP contribution in [0.5, 0.6) is 5.75 Å². The van der Waals surface area contributed by atoms with Crippen LogP contribution in [0.1, 0.15) is 18.1 Å². The highest BCUT2D eigenvalue weighted by molar-refractivity contribution is 7.89. The minimum Gasteiger partial charge on any atom is -0.484 e. The molecule has 1 atom stereocenters. The molecule has 12 heteroatoms. The Kier molecular flexibility index (Phi) is 10.6. The smallest absolute Gasteiger partial charge is 0.261 e. The van der Waals surface area contributed by atoms with Gasteiger partial charge in [-0.05, 0) is 54.4 Å². The number of nitrogens with one attached hydrogen (secondary N) is 1. The minimum absolute atomic E-state index is 0.134. The number of carbonyl (C=O) groups excluding carboxylic acids is 2. The Balaban J connectivity index is 1.41. The van der Waals surface area contributed by atoms with Crippen molar-refractivity contribution in [2.75, 3.05) is 32.9 Å². The van der Waals surface area contributed by atoms with E-state index in [-0.39, 0.29) is 30.5 Å². The largest absolute Gasteiger partial charge is 0.484 e. The van der Waals surface area contributed by atoms with Crippen molar-refractivity contribution < 1.29 is 27.5 Å². The summed E-state index contributed by atoms with van der Waals surface area (Å²) in [6.07, 6.45) is 0. The average Bonchev–Trinajstić information content (AvgIpc) is 2.99. The Morgan fingerprint density at radius 1 is 1.02 bits per heavy atom. The molecule has 4 rings (SSSR count).